The number of aliphatic carboxylic acids is 1. The Kier molecular flexibility index (Phi) is 21.4. The van der Waals surface area contributed by atoms with Gasteiger partial charge in [0, 0.05) is 12.8 Å². The van der Waals surface area contributed by atoms with Crippen LogP contribution in [0.1, 0.15) is 136 Å². The molecule has 0 aromatic heterocycles. The van der Waals surface area contributed by atoms with Gasteiger partial charge in [0.1, 0.15) is 6.10 Å². The lowest BCUT2D eigenvalue weighted by molar-refractivity contribution is -0.149. The Labute approximate surface area is 185 Å². The minimum absolute atomic E-state index is 0.0371. The van der Waals surface area contributed by atoms with E-state index in [2.05, 4.69) is 19.1 Å². The molecule has 0 amide bonds. The van der Waals surface area contributed by atoms with Crippen molar-refractivity contribution in [1.29, 1.82) is 0 Å². The molecule has 176 valence electrons. The molecule has 0 aliphatic carbocycles. The molecule has 0 aromatic carbocycles. The number of hydrogen-bond donors (Lipinski definition) is 1. The molecule has 0 fully saturated rings. The summed E-state index contributed by atoms with van der Waals surface area (Å²) in [5.41, 5.74) is 0. The molecule has 1 N–H and O–H groups in total. The normalized spacial score (nSPS) is 12.3. The summed E-state index contributed by atoms with van der Waals surface area (Å²) in [5, 5.41) is 8.67. The molecule has 0 aromatic rings. The Morgan fingerprint density at radius 1 is 0.700 bits per heavy atom. The lowest BCUT2D eigenvalue weighted by Crippen LogP contribution is -2.18. The molecule has 0 aliphatic heterocycles. The molecule has 0 radical (unpaired) electrons. The molecule has 1 unspecified atom stereocenters. The van der Waals surface area contributed by atoms with Crippen molar-refractivity contribution in [2.75, 3.05) is 0 Å². The predicted octanol–water partition coefficient (Wildman–Crippen LogP) is 7.99. The molecule has 0 rings (SSSR count). The van der Waals surface area contributed by atoms with Crippen LogP contribution in [0.15, 0.2) is 12.2 Å². The summed E-state index contributed by atoms with van der Waals surface area (Å²) in [6, 6.07) is 0. The van der Waals surface area contributed by atoms with Gasteiger partial charge in [-0.1, -0.05) is 77.4 Å². The number of allylic oxidation sites excluding steroid dienone is 2. The molecule has 0 aliphatic rings. The van der Waals surface area contributed by atoms with E-state index in [0.717, 1.165) is 64.2 Å². The van der Waals surface area contributed by atoms with E-state index in [9.17, 15) is 9.59 Å². The van der Waals surface area contributed by atoms with Gasteiger partial charge >= 0.3 is 11.9 Å². The van der Waals surface area contributed by atoms with Gasteiger partial charge < -0.3 is 9.84 Å². The van der Waals surface area contributed by atoms with Crippen molar-refractivity contribution < 1.29 is 19.4 Å². The van der Waals surface area contributed by atoms with E-state index in [1.165, 1.54) is 44.9 Å². The third-order valence-electron chi connectivity index (χ3n) is 5.46. The zero-order valence-corrected chi connectivity index (χ0v) is 19.8. The topological polar surface area (TPSA) is 63.6 Å². The SMILES string of the molecule is CCCCCCCC/C=C\CCCC(CCCCCCCC(=O)O)OC(=O)CCC. The number of hydrogen-bond acceptors (Lipinski definition) is 3. The van der Waals surface area contributed by atoms with Crippen LogP contribution in [0, 0.1) is 0 Å². The summed E-state index contributed by atoms with van der Waals surface area (Å²) in [6.07, 6.45) is 24.4. The van der Waals surface area contributed by atoms with E-state index in [0.29, 0.717) is 6.42 Å². The van der Waals surface area contributed by atoms with Gasteiger partial charge in [-0.05, 0) is 57.8 Å². The standard InChI is InChI=1S/C26H48O4/c1-3-5-6-7-8-9-10-11-12-14-17-21-24(30-26(29)20-4-2)22-18-15-13-16-19-23-25(27)28/h11-12,24H,3-10,13-23H2,1-2H3,(H,27,28)/b12-11-. The van der Waals surface area contributed by atoms with Gasteiger partial charge in [0.15, 0.2) is 0 Å². The van der Waals surface area contributed by atoms with Gasteiger partial charge in [-0.15, -0.1) is 0 Å². The first-order valence-corrected chi connectivity index (χ1v) is 12.7. The molecular formula is C26H48O4. The number of esters is 1. The van der Waals surface area contributed by atoms with Crippen molar-refractivity contribution in [3.05, 3.63) is 12.2 Å². The van der Waals surface area contributed by atoms with Gasteiger partial charge in [-0.2, -0.15) is 0 Å². The smallest absolute Gasteiger partial charge is 0.306 e. The fourth-order valence-corrected chi connectivity index (χ4v) is 3.63. The molecule has 0 bridgehead atoms. The molecule has 0 saturated heterocycles. The van der Waals surface area contributed by atoms with Crippen LogP contribution in [0.25, 0.3) is 0 Å². The minimum atomic E-state index is -0.709. The Hall–Kier alpha value is -1.32. The van der Waals surface area contributed by atoms with Crippen molar-refractivity contribution in [3.8, 4) is 0 Å². The van der Waals surface area contributed by atoms with Gasteiger partial charge in [0.2, 0.25) is 0 Å². The van der Waals surface area contributed by atoms with E-state index in [4.69, 9.17) is 9.84 Å². The number of carboxylic acid groups (broad SMARTS) is 1. The summed E-state index contributed by atoms with van der Waals surface area (Å²) in [7, 11) is 0. The number of unbranched alkanes of at least 4 members (excludes halogenated alkanes) is 11. The quantitative estimate of drug-likeness (QED) is 0.109. The van der Waals surface area contributed by atoms with Crippen LogP contribution in [0.5, 0.6) is 0 Å². The fraction of sp³-hybridized carbons (Fsp3) is 0.846. The van der Waals surface area contributed by atoms with E-state index >= 15 is 0 Å². The zero-order valence-electron chi connectivity index (χ0n) is 19.8. The van der Waals surface area contributed by atoms with E-state index in [1.54, 1.807) is 0 Å². The highest BCUT2D eigenvalue weighted by Gasteiger charge is 2.13. The first kappa shape index (κ1) is 28.7. The van der Waals surface area contributed by atoms with Gasteiger partial charge in [0.05, 0.1) is 0 Å². The Bertz CT molecular complexity index is 431. The third kappa shape index (κ3) is 21.4. The first-order chi connectivity index (χ1) is 14.6. The van der Waals surface area contributed by atoms with Crippen LogP contribution in [0.3, 0.4) is 0 Å². The van der Waals surface area contributed by atoms with Crippen molar-refractivity contribution in [1.82, 2.24) is 0 Å². The van der Waals surface area contributed by atoms with Gasteiger partial charge in [-0.25, -0.2) is 0 Å². The molecule has 0 spiro atoms. The van der Waals surface area contributed by atoms with Gasteiger partial charge in [-0.3, -0.25) is 9.59 Å². The molecule has 4 heteroatoms. The van der Waals surface area contributed by atoms with Crippen molar-refractivity contribution in [3.63, 3.8) is 0 Å². The number of rotatable bonds is 22. The van der Waals surface area contributed by atoms with Crippen LogP contribution in [-0.2, 0) is 14.3 Å². The Morgan fingerprint density at radius 2 is 1.27 bits per heavy atom. The Balaban J connectivity index is 3.91. The summed E-state index contributed by atoms with van der Waals surface area (Å²) >= 11 is 0. The number of carboxylic acids is 1. The molecular weight excluding hydrogens is 376 g/mol. The largest absolute Gasteiger partial charge is 0.481 e. The summed E-state index contributed by atoms with van der Waals surface area (Å²) in [4.78, 5) is 22.4. The monoisotopic (exact) mass is 424 g/mol. The predicted molar refractivity (Wildman–Crippen MR) is 126 cm³/mol. The highest BCUT2D eigenvalue weighted by atomic mass is 16.5. The van der Waals surface area contributed by atoms with Crippen molar-refractivity contribution in [2.45, 2.75) is 142 Å². The lowest BCUT2D eigenvalue weighted by Gasteiger charge is -2.17. The molecule has 0 saturated carbocycles. The maximum atomic E-state index is 11.9. The molecule has 0 heterocycles. The first-order valence-electron chi connectivity index (χ1n) is 12.7. The Morgan fingerprint density at radius 3 is 1.93 bits per heavy atom. The van der Waals surface area contributed by atoms with Crippen LogP contribution in [-0.4, -0.2) is 23.1 Å². The van der Waals surface area contributed by atoms with Crippen molar-refractivity contribution >= 4 is 11.9 Å². The van der Waals surface area contributed by atoms with E-state index in [-0.39, 0.29) is 18.5 Å². The zero-order chi connectivity index (χ0) is 22.3. The lowest BCUT2D eigenvalue weighted by atomic mass is 10.0. The molecule has 1 atom stereocenters. The highest BCUT2D eigenvalue weighted by molar-refractivity contribution is 5.69. The average molecular weight is 425 g/mol. The van der Waals surface area contributed by atoms with Crippen molar-refractivity contribution in [2.24, 2.45) is 0 Å². The summed E-state index contributed by atoms with van der Waals surface area (Å²) in [5.74, 6) is -0.776. The third-order valence-corrected chi connectivity index (χ3v) is 5.46. The fourth-order valence-electron chi connectivity index (χ4n) is 3.63. The number of ether oxygens (including phenoxy) is 1. The van der Waals surface area contributed by atoms with E-state index < -0.39 is 5.97 Å². The van der Waals surface area contributed by atoms with Crippen LogP contribution >= 0.6 is 0 Å². The number of carbonyl (C=O) groups is 2. The summed E-state index contributed by atoms with van der Waals surface area (Å²) in [6.45, 7) is 4.26. The maximum absolute atomic E-state index is 11.9. The van der Waals surface area contributed by atoms with Crippen LogP contribution < -0.4 is 0 Å². The minimum Gasteiger partial charge on any atom is -0.481 e. The van der Waals surface area contributed by atoms with Crippen LogP contribution in [0.4, 0.5) is 0 Å². The number of carbonyl (C=O) groups excluding carboxylic acids is 1. The second-order valence-corrected chi connectivity index (χ2v) is 8.52. The van der Waals surface area contributed by atoms with Crippen LogP contribution in [0.2, 0.25) is 0 Å². The second kappa shape index (κ2) is 22.4. The molecule has 4 nitrogen and oxygen atoms in total. The second-order valence-electron chi connectivity index (χ2n) is 8.52. The maximum Gasteiger partial charge on any atom is 0.306 e. The highest BCUT2D eigenvalue weighted by Crippen LogP contribution is 2.16. The van der Waals surface area contributed by atoms with Gasteiger partial charge in [0.25, 0.3) is 0 Å². The summed E-state index contributed by atoms with van der Waals surface area (Å²) < 4.78 is 5.70. The average Bonchev–Trinajstić information content (AvgIpc) is 2.71. The van der Waals surface area contributed by atoms with E-state index in [1.807, 2.05) is 6.92 Å². The molecule has 30 heavy (non-hydrogen) atoms.